The van der Waals surface area contributed by atoms with Gasteiger partial charge in [-0.05, 0) is 69.2 Å². The number of para-hydroxylation sites is 2. The first-order valence-electron chi connectivity index (χ1n) is 13.7. The van der Waals surface area contributed by atoms with Crippen molar-refractivity contribution in [2.75, 3.05) is 31.1 Å². The van der Waals surface area contributed by atoms with E-state index >= 15 is 0 Å². The highest BCUT2D eigenvalue weighted by Crippen LogP contribution is 2.33. The van der Waals surface area contributed by atoms with E-state index in [9.17, 15) is 18.0 Å². The Balaban J connectivity index is 2.11. The van der Waals surface area contributed by atoms with Crippen molar-refractivity contribution in [3.05, 3.63) is 83.9 Å². The number of rotatable bonds is 14. The van der Waals surface area contributed by atoms with Gasteiger partial charge < -0.3 is 19.7 Å². The molecule has 0 heterocycles. The van der Waals surface area contributed by atoms with Crippen LogP contribution in [0, 0.1) is 6.92 Å². The molecule has 220 valence electrons. The highest BCUT2D eigenvalue weighted by atomic mass is 32.2. The molecule has 0 aliphatic heterocycles. The molecule has 9 nitrogen and oxygen atoms in total. The molecule has 1 atom stereocenters. The summed E-state index contributed by atoms with van der Waals surface area (Å²) in [7, 11) is -2.65. The van der Waals surface area contributed by atoms with Crippen LogP contribution in [0.25, 0.3) is 0 Å². The standard InChI is InChI=1S/C31H39N3O6S/c1-6-27(31(36)32-7-2)33(21-24-12-11-13-25(20-24)39-5)30(35)22-34(28-14-9-10-15-29(28)40-8-3)41(37,38)26-18-16-23(4)17-19-26/h9-20,27H,6-8,21-22H2,1-5H3,(H,32,36)/t27-/m0/s1. The molecule has 3 aromatic rings. The number of carbonyl (C=O) groups is 2. The van der Waals surface area contributed by atoms with Crippen molar-refractivity contribution in [1.29, 1.82) is 0 Å². The van der Waals surface area contributed by atoms with Gasteiger partial charge in [0.25, 0.3) is 10.0 Å². The Morgan fingerprint density at radius 1 is 0.951 bits per heavy atom. The van der Waals surface area contributed by atoms with Crippen LogP contribution >= 0.6 is 0 Å². The average molecular weight is 582 g/mol. The molecule has 3 rings (SSSR count). The third kappa shape index (κ3) is 7.79. The number of nitrogens with one attached hydrogen (secondary N) is 1. The Labute approximate surface area is 243 Å². The number of carbonyl (C=O) groups excluding carboxylic acids is 2. The molecule has 0 fully saturated rings. The smallest absolute Gasteiger partial charge is 0.264 e. The first-order chi connectivity index (χ1) is 19.7. The van der Waals surface area contributed by atoms with Crippen molar-refractivity contribution in [2.24, 2.45) is 0 Å². The molecule has 0 aliphatic carbocycles. The maximum absolute atomic E-state index is 14.2. The van der Waals surface area contributed by atoms with Gasteiger partial charge in [0.1, 0.15) is 24.1 Å². The number of amides is 2. The topological polar surface area (TPSA) is 105 Å². The van der Waals surface area contributed by atoms with Gasteiger partial charge in [-0.25, -0.2) is 8.42 Å². The lowest BCUT2D eigenvalue weighted by Gasteiger charge is -2.33. The van der Waals surface area contributed by atoms with E-state index in [0.717, 1.165) is 15.4 Å². The number of benzene rings is 3. The van der Waals surface area contributed by atoms with Crippen LogP contribution in [0.2, 0.25) is 0 Å². The minimum Gasteiger partial charge on any atom is -0.497 e. The van der Waals surface area contributed by atoms with Crippen LogP contribution < -0.4 is 19.1 Å². The molecule has 0 spiro atoms. The van der Waals surface area contributed by atoms with Crippen LogP contribution in [0.4, 0.5) is 5.69 Å². The summed E-state index contributed by atoms with van der Waals surface area (Å²) in [6.07, 6.45) is 0.335. The zero-order valence-electron chi connectivity index (χ0n) is 24.3. The van der Waals surface area contributed by atoms with Crippen LogP contribution in [0.3, 0.4) is 0 Å². The van der Waals surface area contributed by atoms with Gasteiger partial charge in [-0.1, -0.05) is 48.9 Å². The van der Waals surface area contributed by atoms with Crippen LogP contribution in [-0.2, 0) is 26.2 Å². The van der Waals surface area contributed by atoms with Crippen molar-refractivity contribution in [1.82, 2.24) is 10.2 Å². The number of hydrogen-bond donors (Lipinski definition) is 1. The zero-order chi connectivity index (χ0) is 30.0. The lowest BCUT2D eigenvalue weighted by Crippen LogP contribution is -2.52. The second-order valence-corrected chi connectivity index (χ2v) is 11.3. The maximum Gasteiger partial charge on any atom is 0.264 e. The molecular formula is C31H39N3O6S. The molecule has 10 heteroatoms. The highest BCUT2D eigenvalue weighted by molar-refractivity contribution is 7.92. The molecule has 3 aromatic carbocycles. The Kier molecular flexibility index (Phi) is 11.2. The molecule has 0 unspecified atom stereocenters. The second kappa shape index (κ2) is 14.5. The summed E-state index contributed by atoms with van der Waals surface area (Å²) in [4.78, 5) is 28.7. The number of likely N-dealkylation sites (N-methyl/N-ethyl adjacent to an activating group) is 1. The van der Waals surface area contributed by atoms with Crippen molar-refractivity contribution in [3.63, 3.8) is 0 Å². The molecule has 0 saturated heterocycles. The molecule has 0 saturated carbocycles. The lowest BCUT2D eigenvalue weighted by molar-refractivity contribution is -0.140. The quantitative estimate of drug-likeness (QED) is 0.300. The van der Waals surface area contributed by atoms with Crippen LogP contribution in [-0.4, -0.2) is 58.0 Å². The van der Waals surface area contributed by atoms with Gasteiger partial charge in [0.15, 0.2) is 0 Å². The molecule has 41 heavy (non-hydrogen) atoms. The summed E-state index contributed by atoms with van der Waals surface area (Å²) in [5, 5.41) is 2.80. The van der Waals surface area contributed by atoms with Crippen LogP contribution in [0.1, 0.15) is 38.3 Å². The van der Waals surface area contributed by atoms with Gasteiger partial charge in [0.2, 0.25) is 11.8 Å². The van der Waals surface area contributed by atoms with Gasteiger partial charge in [0.05, 0.1) is 24.3 Å². The molecule has 1 N–H and O–H groups in total. The normalized spacial score (nSPS) is 11.8. The molecule has 0 radical (unpaired) electrons. The molecule has 2 amide bonds. The van der Waals surface area contributed by atoms with Gasteiger partial charge in [-0.15, -0.1) is 0 Å². The fraction of sp³-hybridized carbons (Fsp3) is 0.355. The van der Waals surface area contributed by atoms with Gasteiger partial charge in [-0.2, -0.15) is 0 Å². The number of methoxy groups -OCH3 is 1. The Morgan fingerprint density at radius 2 is 1.66 bits per heavy atom. The largest absolute Gasteiger partial charge is 0.497 e. The zero-order valence-corrected chi connectivity index (χ0v) is 25.1. The predicted molar refractivity (Wildman–Crippen MR) is 160 cm³/mol. The van der Waals surface area contributed by atoms with E-state index in [0.29, 0.717) is 31.1 Å². The number of sulfonamides is 1. The third-order valence-corrected chi connectivity index (χ3v) is 8.32. The summed E-state index contributed by atoms with van der Waals surface area (Å²) >= 11 is 0. The fourth-order valence-corrected chi connectivity index (χ4v) is 5.90. The summed E-state index contributed by atoms with van der Waals surface area (Å²) < 4.78 is 40.3. The van der Waals surface area contributed by atoms with E-state index < -0.39 is 28.5 Å². The number of nitrogens with zero attached hydrogens (tertiary/aromatic N) is 2. The minimum atomic E-state index is -4.20. The number of ether oxygens (including phenoxy) is 2. The Morgan fingerprint density at radius 3 is 2.29 bits per heavy atom. The van der Waals surface area contributed by atoms with E-state index in [1.165, 1.54) is 17.0 Å². The van der Waals surface area contributed by atoms with E-state index in [-0.39, 0.29) is 23.0 Å². The minimum absolute atomic E-state index is 0.0392. The van der Waals surface area contributed by atoms with Crippen LogP contribution in [0.5, 0.6) is 11.5 Å². The predicted octanol–water partition coefficient (Wildman–Crippen LogP) is 4.54. The molecule has 0 aromatic heterocycles. The van der Waals surface area contributed by atoms with E-state index in [4.69, 9.17) is 9.47 Å². The van der Waals surface area contributed by atoms with E-state index in [2.05, 4.69) is 5.32 Å². The number of hydrogen-bond acceptors (Lipinski definition) is 6. The summed E-state index contributed by atoms with van der Waals surface area (Å²) in [5.41, 5.74) is 1.87. The van der Waals surface area contributed by atoms with Gasteiger partial charge in [0, 0.05) is 13.1 Å². The molecular weight excluding hydrogens is 542 g/mol. The Hall–Kier alpha value is -4.05. The van der Waals surface area contributed by atoms with E-state index in [1.54, 1.807) is 75.6 Å². The SMILES string of the molecule is CCNC(=O)[C@H](CC)N(Cc1cccc(OC)c1)C(=O)CN(c1ccccc1OCC)S(=O)(=O)c1ccc(C)cc1. The monoisotopic (exact) mass is 581 g/mol. The van der Waals surface area contributed by atoms with E-state index in [1.807, 2.05) is 19.9 Å². The maximum atomic E-state index is 14.2. The fourth-order valence-electron chi connectivity index (χ4n) is 4.47. The molecule has 0 aliphatic rings. The first kappa shape index (κ1) is 31.5. The van der Waals surface area contributed by atoms with Crippen molar-refractivity contribution in [3.8, 4) is 11.5 Å². The highest BCUT2D eigenvalue weighted by Gasteiger charge is 2.34. The summed E-state index contributed by atoms with van der Waals surface area (Å²) in [6.45, 7) is 7.53. The Bertz CT molecular complexity index is 1430. The van der Waals surface area contributed by atoms with Crippen LogP contribution in [0.15, 0.2) is 77.7 Å². The molecule has 0 bridgehead atoms. The number of anilines is 1. The number of aryl methyl sites for hydroxylation is 1. The average Bonchev–Trinajstić information content (AvgIpc) is 2.96. The third-order valence-electron chi connectivity index (χ3n) is 6.55. The lowest BCUT2D eigenvalue weighted by atomic mass is 10.1. The summed E-state index contributed by atoms with van der Waals surface area (Å²) in [6, 6.07) is 19.5. The van der Waals surface area contributed by atoms with Gasteiger partial charge >= 0.3 is 0 Å². The van der Waals surface area contributed by atoms with Crippen molar-refractivity contribution < 1.29 is 27.5 Å². The van der Waals surface area contributed by atoms with Crippen molar-refractivity contribution in [2.45, 2.75) is 51.6 Å². The van der Waals surface area contributed by atoms with Crippen molar-refractivity contribution >= 4 is 27.5 Å². The first-order valence-corrected chi connectivity index (χ1v) is 15.1. The second-order valence-electron chi connectivity index (χ2n) is 9.42. The van der Waals surface area contributed by atoms with Gasteiger partial charge in [-0.3, -0.25) is 13.9 Å². The summed E-state index contributed by atoms with van der Waals surface area (Å²) in [5.74, 6) is 0.0885.